The van der Waals surface area contributed by atoms with Gasteiger partial charge in [0.2, 0.25) is 5.96 Å². The van der Waals surface area contributed by atoms with Crippen LogP contribution in [0.2, 0.25) is 0 Å². The van der Waals surface area contributed by atoms with Crippen molar-refractivity contribution in [1.29, 1.82) is 10.5 Å². The van der Waals surface area contributed by atoms with Crippen LogP contribution in [0.25, 0.3) is 0 Å². The number of nitrogen functional groups attached to an aromatic ring is 2. The lowest BCUT2D eigenvalue weighted by molar-refractivity contribution is 0.568. The third-order valence-corrected chi connectivity index (χ3v) is 5.16. The molecule has 0 bridgehead atoms. The average molecular weight is 400 g/mol. The van der Waals surface area contributed by atoms with E-state index in [0.29, 0.717) is 0 Å². The Kier molecular flexibility index (Phi) is 4.50. The summed E-state index contributed by atoms with van der Waals surface area (Å²) in [6.07, 6.45) is 2.58. The van der Waals surface area contributed by atoms with Gasteiger partial charge in [-0.25, -0.2) is 22.8 Å². The lowest BCUT2D eigenvalue weighted by Crippen LogP contribution is -2.32. The number of hydrogen-bond acceptors (Lipinski definition) is 10. The molecule has 28 heavy (non-hydrogen) atoms. The molecule has 1 aromatic carbocycles. The van der Waals surface area contributed by atoms with Gasteiger partial charge in [-0.05, 0) is 17.7 Å². The fourth-order valence-corrected chi connectivity index (χ4v) is 3.54. The van der Waals surface area contributed by atoms with Crippen molar-refractivity contribution < 1.29 is 12.8 Å². The van der Waals surface area contributed by atoms with Crippen molar-refractivity contribution in [3.63, 3.8) is 0 Å². The van der Waals surface area contributed by atoms with Crippen molar-refractivity contribution in [2.45, 2.75) is 10.9 Å². The van der Waals surface area contributed by atoms with E-state index in [0.717, 1.165) is 18.4 Å². The molecule has 0 radical (unpaired) electrons. The topological polar surface area (TPSA) is 183 Å². The molecule has 1 aromatic heterocycles. The van der Waals surface area contributed by atoms with Crippen LogP contribution in [-0.2, 0) is 9.84 Å². The number of guanidine groups is 1. The minimum absolute atomic E-state index is 0.00334. The molecular formula is C16H13FN8O2S. The quantitative estimate of drug-likeness (QED) is 0.414. The molecule has 0 saturated heterocycles. The molecule has 0 amide bonds. The standard InChI is InChI=1S/C16H13FN8O2S/c1-28(26,27)10-3-2-7(4-9(10)17)13-11-12(20)8(5-18)14(21)24-15(11)25-16(23-13)22-6-19/h2-4,13H,1H3,(H6,20,21,22,23,24,25). The minimum Gasteiger partial charge on any atom is -0.397 e. The molecule has 12 heteroatoms. The van der Waals surface area contributed by atoms with Gasteiger partial charge in [0.25, 0.3) is 0 Å². The zero-order valence-electron chi connectivity index (χ0n) is 14.4. The number of nitrogens with two attached hydrogens (primary N) is 2. The van der Waals surface area contributed by atoms with Crippen LogP contribution < -0.4 is 22.1 Å². The maximum absolute atomic E-state index is 14.4. The zero-order chi connectivity index (χ0) is 20.6. The third-order valence-electron chi connectivity index (χ3n) is 4.03. The molecule has 6 N–H and O–H groups in total. The van der Waals surface area contributed by atoms with Crippen LogP contribution in [0.5, 0.6) is 0 Å². The predicted octanol–water partition coefficient (Wildman–Crippen LogP) is 0.602. The second-order valence-electron chi connectivity index (χ2n) is 5.86. The summed E-state index contributed by atoms with van der Waals surface area (Å²) < 4.78 is 37.7. The first-order valence-corrected chi connectivity index (χ1v) is 9.55. The Morgan fingerprint density at radius 3 is 2.61 bits per heavy atom. The van der Waals surface area contributed by atoms with Crippen LogP contribution in [0.4, 0.5) is 21.7 Å². The van der Waals surface area contributed by atoms with E-state index in [9.17, 15) is 18.1 Å². The smallest absolute Gasteiger partial charge is 0.211 e. The van der Waals surface area contributed by atoms with Gasteiger partial charge in [0, 0.05) is 11.8 Å². The predicted molar refractivity (Wildman–Crippen MR) is 98.9 cm³/mol. The molecule has 1 unspecified atom stereocenters. The number of benzene rings is 1. The lowest BCUT2D eigenvalue weighted by Gasteiger charge is -2.26. The van der Waals surface area contributed by atoms with Crippen molar-refractivity contribution in [2.24, 2.45) is 4.99 Å². The van der Waals surface area contributed by atoms with Gasteiger partial charge in [-0.2, -0.15) is 10.5 Å². The highest BCUT2D eigenvalue weighted by atomic mass is 32.2. The lowest BCUT2D eigenvalue weighted by atomic mass is 9.95. The first-order chi connectivity index (χ1) is 13.2. The molecule has 2 aromatic rings. The van der Waals surface area contributed by atoms with Crippen molar-refractivity contribution in [2.75, 3.05) is 23.0 Å². The molecule has 1 aliphatic rings. The highest BCUT2D eigenvalue weighted by Gasteiger charge is 2.30. The maximum atomic E-state index is 14.4. The van der Waals surface area contributed by atoms with Gasteiger partial charge in [0.05, 0.1) is 5.69 Å². The number of fused-ring (bicyclic) bond motifs is 1. The molecular weight excluding hydrogens is 387 g/mol. The zero-order valence-corrected chi connectivity index (χ0v) is 15.2. The number of anilines is 3. The van der Waals surface area contributed by atoms with E-state index in [2.05, 4.69) is 20.6 Å². The molecule has 0 saturated carbocycles. The summed E-state index contributed by atoms with van der Waals surface area (Å²) >= 11 is 0. The van der Waals surface area contributed by atoms with Gasteiger partial charge in [0.1, 0.15) is 40.0 Å². The molecule has 0 fully saturated rings. The van der Waals surface area contributed by atoms with E-state index in [4.69, 9.17) is 16.7 Å². The van der Waals surface area contributed by atoms with E-state index in [1.807, 2.05) is 6.07 Å². The largest absolute Gasteiger partial charge is 0.397 e. The number of nitrogens with one attached hydrogen (secondary N) is 2. The first kappa shape index (κ1) is 18.9. The number of pyridine rings is 1. The molecule has 142 valence electrons. The van der Waals surface area contributed by atoms with Crippen LogP contribution in [0.3, 0.4) is 0 Å². The summed E-state index contributed by atoms with van der Waals surface area (Å²) in [4.78, 5) is 7.88. The fraction of sp³-hybridized carbons (Fsp3) is 0.125. The highest BCUT2D eigenvalue weighted by molar-refractivity contribution is 7.90. The SMILES string of the molecule is CS(=O)(=O)c1ccc(C2N=C(NC#N)Nc3nc(N)c(C#N)c(N)c32)cc1F. The van der Waals surface area contributed by atoms with Crippen LogP contribution in [0, 0.1) is 28.6 Å². The Hall–Kier alpha value is -3.90. The van der Waals surface area contributed by atoms with Crippen LogP contribution in [-0.4, -0.2) is 25.6 Å². The number of nitrogens with zero attached hydrogens (tertiary/aromatic N) is 4. The van der Waals surface area contributed by atoms with E-state index in [1.54, 1.807) is 6.19 Å². The monoisotopic (exact) mass is 400 g/mol. The Bertz CT molecular complexity index is 1210. The van der Waals surface area contributed by atoms with Crippen molar-refractivity contribution in [1.82, 2.24) is 10.3 Å². The minimum atomic E-state index is -3.76. The Labute approximate surface area is 159 Å². The number of rotatable bonds is 2. The number of aromatic nitrogens is 1. The summed E-state index contributed by atoms with van der Waals surface area (Å²) in [6.45, 7) is 0. The van der Waals surface area contributed by atoms with E-state index in [1.165, 1.54) is 6.07 Å². The van der Waals surface area contributed by atoms with E-state index in [-0.39, 0.29) is 40.0 Å². The van der Waals surface area contributed by atoms with Gasteiger partial charge in [0.15, 0.2) is 16.0 Å². The summed E-state index contributed by atoms with van der Waals surface area (Å²) in [5.41, 5.74) is 12.2. The van der Waals surface area contributed by atoms with Gasteiger partial charge in [-0.15, -0.1) is 0 Å². The molecule has 0 spiro atoms. The normalized spacial score (nSPS) is 15.4. The second-order valence-corrected chi connectivity index (χ2v) is 7.85. The molecule has 1 atom stereocenters. The maximum Gasteiger partial charge on any atom is 0.211 e. The van der Waals surface area contributed by atoms with Crippen molar-refractivity contribution in [3.05, 3.63) is 40.7 Å². The second kappa shape index (κ2) is 6.68. The van der Waals surface area contributed by atoms with Gasteiger partial charge < -0.3 is 16.8 Å². The Morgan fingerprint density at radius 2 is 2.04 bits per heavy atom. The number of sulfone groups is 1. The van der Waals surface area contributed by atoms with Gasteiger partial charge in [-0.1, -0.05) is 6.07 Å². The number of halogens is 1. The fourth-order valence-electron chi connectivity index (χ4n) is 2.81. The average Bonchev–Trinajstić information content (AvgIpc) is 2.60. The summed E-state index contributed by atoms with van der Waals surface area (Å²) in [5, 5.41) is 23.2. The van der Waals surface area contributed by atoms with Crippen molar-refractivity contribution >= 4 is 33.1 Å². The number of hydrogen-bond donors (Lipinski definition) is 4. The van der Waals surface area contributed by atoms with E-state index >= 15 is 0 Å². The number of nitriles is 2. The van der Waals surface area contributed by atoms with Gasteiger partial charge in [-0.3, -0.25) is 5.32 Å². The molecule has 0 aliphatic carbocycles. The summed E-state index contributed by atoms with van der Waals surface area (Å²) in [7, 11) is -3.76. The first-order valence-electron chi connectivity index (χ1n) is 7.65. The molecule has 2 heterocycles. The molecule has 1 aliphatic heterocycles. The Balaban J connectivity index is 2.25. The van der Waals surface area contributed by atoms with Crippen LogP contribution >= 0.6 is 0 Å². The summed E-state index contributed by atoms with van der Waals surface area (Å²) in [5.74, 6) is -0.947. The van der Waals surface area contributed by atoms with Gasteiger partial charge >= 0.3 is 0 Å². The molecule has 10 nitrogen and oxygen atoms in total. The Morgan fingerprint density at radius 1 is 1.32 bits per heavy atom. The molecule has 3 rings (SSSR count). The highest BCUT2D eigenvalue weighted by Crippen LogP contribution is 2.40. The van der Waals surface area contributed by atoms with E-state index < -0.39 is 26.6 Å². The third kappa shape index (κ3) is 3.13. The van der Waals surface area contributed by atoms with Crippen LogP contribution in [0.1, 0.15) is 22.7 Å². The van der Waals surface area contributed by atoms with Crippen molar-refractivity contribution in [3.8, 4) is 12.3 Å². The number of aliphatic imine (C=N–C) groups is 1. The summed E-state index contributed by atoms with van der Waals surface area (Å²) in [6, 6.07) is 4.38. The van der Waals surface area contributed by atoms with Crippen LogP contribution in [0.15, 0.2) is 28.1 Å².